The Labute approximate surface area is 180 Å². The van der Waals surface area contributed by atoms with Crippen molar-refractivity contribution in [3.8, 4) is 28.2 Å². The van der Waals surface area contributed by atoms with E-state index in [1.54, 1.807) is 12.4 Å². The molecule has 0 saturated heterocycles. The summed E-state index contributed by atoms with van der Waals surface area (Å²) in [7, 11) is 0. The predicted molar refractivity (Wildman–Crippen MR) is 127 cm³/mol. The summed E-state index contributed by atoms with van der Waals surface area (Å²) in [5, 5.41) is 2.41. The summed E-state index contributed by atoms with van der Waals surface area (Å²) in [6.07, 6.45) is 3.59. The normalized spacial score (nSPS) is 11.2. The molecular weight excluding hydrogens is 378 g/mol. The number of benzene rings is 4. The molecule has 0 bridgehead atoms. The van der Waals surface area contributed by atoms with Crippen LogP contribution < -0.4 is 0 Å². The maximum Gasteiger partial charge on any atom is 0.234 e. The smallest absolute Gasteiger partial charge is 0.234 e. The molecule has 0 saturated carbocycles. The Morgan fingerprint density at radius 2 is 1.16 bits per heavy atom. The number of hydrogen-bond acceptors (Lipinski definition) is 2. The summed E-state index contributed by atoms with van der Waals surface area (Å²) in [6.45, 7) is 0. The summed E-state index contributed by atoms with van der Waals surface area (Å²) in [4.78, 5) is 9.16. The van der Waals surface area contributed by atoms with E-state index >= 15 is 0 Å². The zero-order valence-electron chi connectivity index (χ0n) is 16.8. The minimum Gasteiger partial charge on any atom is -0.278 e. The number of hydrogen-bond donors (Lipinski definition) is 0. The summed E-state index contributed by atoms with van der Waals surface area (Å²) >= 11 is 0. The summed E-state index contributed by atoms with van der Waals surface area (Å²) in [6, 6.07) is 36.0. The van der Waals surface area contributed by atoms with E-state index in [4.69, 9.17) is 0 Å². The highest BCUT2D eigenvalue weighted by Gasteiger charge is 2.18. The van der Waals surface area contributed by atoms with Crippen LogP contribution in [0.25, 0.3) is 50.0 Å². The van der Waals surface area contributed by atoms with Crippen molar-refractivity contribution >= 4 is 21.8 Å². The average molecular weight is 397 g/mol. The van der Waals surface area contributed by atoms with Crippen molar-refractivity contribution in [1.29, 1.82) is 0 Å². The zero-order valence-corrected chi connectivity index (χ0v) is 16.8. The molecule has 0 unspecified atom stereocenters. The molecule has 0 N–H and O–H groups in total. The second-order valence-electron chi connectivity index (χ2n) is 7.55. The number of para-hydroxylation sites is 1. The lowest BCUT2D eigenvalue weighted by Gasteiger charge is -2.11. The first kappa shape index (κ1) is 17.6. The van der Waals surface area contributed by atoms with Crippen molar-refractivity contribution in [2.45, 2.75) is 0 Å². The van der Waals surface area contributed by atoms with Gasteiger partial charge in [-0.05, 0) is 46.5 Å². The second-order valence-corrected chi connectivity index (χ2v) is 7.55. The molecular formula is C28H19N3. The van der Waals surface area contributed by atoms with Gasteiger partial charge in [0.2, 0.25) is 5.95 Å². The van der Waals surface area contributed by atoms with Gasteiger partial charge in [0.1, 0.15) is 0 Å². The lowest BCUT2D eigenvalue weighted by atomic mass is 9.94. The largest absolute Gasteiger partial charge is 0.278 e. The van der Waals surface area contributed by atoms with Gasteiger partial charge in [0, 0.05) is 23.2 Å². The third kappa shape index (κ3) is 2.90. The number of fused-ring (bicyclic) bond motifs is 3. The lowest BCUT2D eigenvalue weighted by molar-refractivity contribution is 0.988. The van der Waals surface area contributed by atoms with Gasteiger partial charge in [-0.3, -0.25) is 4.57 Å². The van der Waals surface area contributed by atoms with Gasteiger partial charge in [0.15, 0.2) is 0 Å². The van der Waals surface area contributed by atoms with Crippen LogP contribution in [0.5, 0.6) is 0 Å². The van der Waals surface area contributed by atoms with Crippen LogP contribution in [0.1, 0.15) is 0 Å². The fourth-order valence-corrected chi connectivity index (χ4v) is 4.36. The van der Waals surface area contributed by atoms with E-state index in [-0.39, 0.29) is 0 Å². The maximum absolute atomic E-state index is 4.58. The third-order valence-corrected chi connectivity index (χ3v) is 5.72. The first-order chi connectivity index (χ1) is 15.4. The van der Waals surface area contributed by atoms with Crippen LogP contribution in [0.15, 0.2) is 116 Å². The third-order valence-electron chi connectivity index (χ3n) is 5.72. The lowest BCUT2D eigenvalue weighted by Crippen LogP contribution is -1.99. The first-order valence-electron chi connectivity index (χ1n) is 10.4. The van der Waals surface area contributed by atoms with Gasteiger partial charge in [0.05, 0.1) is 11.0 Å². The van der Waals surface area contributed by atoms with Crippen LogP contribution >= 0.6 is 0 Å². The second kappa shape index (κ2) is 7.22. The van der Waals surface area contributed by atoms with Gasteiger partial charge in [-0.2, -0.15) is 0 Å². The minimum atomic E-state index is 0.679. The molecule has 0 spiro atoms. The molecule has 2 aromatic heterocycles. The molecule has 6 aromatic rings. The summed E-state index contributed by atoms with van der Waals surface area (Å²) in [5.41, 5.74) is 6.98. The summed E-state index contributed by atoms with van der Waals surface area (Å²) in [5.74, 6) is 0.679. The summed E-state index contributed by atoms with van der Waals surface area (Å²) < 4.78 is 2.17. The maximum atomic E-state index is 4.58. The monoisotopic (exact) mass is 397 g/mol. The van der Waals surface area contributed by atoms with Crippen molar-refractivity contribution in [1.82, 2.24) is 14.5 Å². The first-order valence-corrected chi connectivity index (χ1v) is 10.4. The van der Waals surface area contributed by atoms with E-state index < -0.39 is 0 Å². The molecule has 0 fully saturated rings. The topological polar surface area (TPSA) is 30.7 Å². The Morgan fingerprint density at radius 3 is 1.90 bits per heavy atom. The van der Waals surface area contributed by atoms with Crippen LogP contribution in [0, 0.1) is 0 Å². The highest BCUT2D eigenvalue weighted by molar-refractivity contribution is 6.16. The molecule has 31 heavy (non-hydrogen) atoms. The van der Waals surface area contributed by atoms with E-state index in [1.165, 1.54) is 33.0 Å². The Kier molecular flexibility index (Phi) is 4.10. The minimum absolute atomic E-state index is 0.679. The molecule has 3 nitrogen and oxygen atoms in total. The molecule has 0 aliphatic heterocycles. The van der Waals surface area contributed by atoms with Crippen LogP contribution in [0.2, 0.25) is 0 Å². The number of rotatable bonds is 3. The molecule has 6 rings (SSSR count). The fourth-order valence-electron chi connectivity index (χ4n) is 4.36. The van der Waals surface area contributed by atoms with E-state index in [1.807, 2.05) is 6.07 Å². The molecule has 0 aliphatic carbocycles. The average Bonchev–Trinajstić information content (AvgIpc) is 3.19. The molecule has 4 aromatic carbocycles. The molecule has 146 valence electrons. The Balaban J connectivity index is 1.81. The van der Waals surface area contributed by atoms with Gasteiger partial charge in [-0.1, -0.05) is 78.9 Å². The van der Waals surface area contributed by atoms with Crippen molar-refractivity contribution in [2.75, 3.05) is 0 Å². The number of nitrogens with zero attached hydrogens (tertiary/aromatic N) is 3. The van der Waals surface area contributed by atoms with Crippen molar-refractivity contribution in [2.24, 2.45) is 0 Å². The number of aromatic nitrogens is 3. The predicted octanol–water partition coefficient (Wildman–Crippen LogP) is 6.91. The highest BCUT2D eigenvalue weighted by Crippen LogP contribution is 2.40. The van der Waals surface area contributed by atoms with Crippen molar-refractivity contribution in [3.63, 3.8) is 0 Å². The van der Waals surface area contributed by atoms with Gasteiger partial charge < -0.3 is 0 Å². The van der Waals surface area contributed by atoms with Crippen LogP contribution in [-0.2, 0) is 0 Å². The molecule has 0 atom stereocenters. The zero-order chi connectivity index (χ0) is 20.6. The Hall–Kier alpha value is -4.24. The van der Waals surface area contributed by atoms with Gasteiger partial charge >= 0.3 is 0 Å². The van der Waals surface area contributed by atoms with Crippen LogP contribution in [-0.4, -0.2) is 14.5 Å². The van der Waals surface area contributed by atoms with Gasteiger partial charge in [0.25, 0.3) is 0 Å². The van der Waals surface area contributed by atoms with Crippen LogP contribution in [0.3, 0.4) is 0 Å². The quantitative estimate of drug-likeness (QED) is 0.325. The van der Waals surface area contributed by atoms with Gasteiger partial charge in [-0.15, -0.1) is 0 Å². The standard InChI is InChI=1S/C28H19N3/c1-3-10-20(11-4-1)22-18-24(21-12-5-2-6-13-21)27-23-14-7-8-15-25(23)31(26(27)19-22)28-29-16-9-17-30-28/h1-19H. The van der Waals surface area contributed by atoms with E-state index in [9.17, 15) is 0 Å². The van der Waals surface area contributed by atoms with E-state index in [0.717, 1.165) is 11.0 Å². The molecule has 2 heterocycles. The van der Waals surface area contributed by atoms with Crippen molar-refractivity contribution in [3.05, 3.63) is 116 Å². The van der Waals surface area contributed by atoms with Gasteiger partial charge in [-0.25, -0.2) is 9.97 Å². The molecule has 3 heteroatoms. The Morgan fingerprint density at radius 1 is 0.516 bits per heavy atom. The fraction of sp³-hybridized carbons (Fsp3) is 0. The molecule has 0 radical (unpaired) electrons. The van der Waals surface area contributed by atoms with E-state index in [2.05, 4.69) is 112 Å². The Bertz CT molecular complexity index is 1500. The molecule has 0 amide bonds. The SMILES string of the molecule is c1ccc(-c2cc(-c3ccccc3)c3c4ccccc4n(-c4ncccn4)c3c2)cc1. The molecule has 0 aliphatic rings. The van der Waals surface area contributed by atoms with Crippen molar-refractivity contribution < 1.29 is 0 Å². The van der Waals surface area contributed by atoms with E-state index in [0.29, 0.717) is 5.95 Å². The highest BCUT2D eigenvalue weighted by atomic mass is 15.1. The van der Waals surface area contributed by atoms with Crippen LogP contribution in [0.4, 0.5) is 0 Å².